The van der Waals surface area contributed by atoms with Crippen molar-refractivity contribution in [2.75, 3.05) is 45.0 Å². The van der Waals surface area contributed by atoms with Gasteiger partial charge in [0.2, 0.25) is 12.7 Å². The number of hydrogen-bond acceptors (Lipinski definition) is 7. The lowest BCUT2D eigenvalue weighted by Gasteiger charge is -2.37. The Labute approximate surface area is 180 Å². The van der Waals surface area contributed by atoms with E-state index in [-0.39, 0.29) is 25.0 Å². The maximum Gasteiger partial charge on any atom is 0.251 e. The Bertz CT molecular complexity index is 1000. The van der Waals surface area contributed by atoms with E-state index in [9.17, 15) is 9.59 Å². The number of methoxy groups -OCH3 is 1. The quantitative estimate of drug-likeness (QED) is 0.680. The molecule has 8 nitrogen and oxygen atoms in total. The summed E-state index contributed by atoms with van der Waals surface area (Å²) in [4.78, 5) is 31.6. The largest absolute Gasteiger partial charge is 0.495 e. The lowest BCUT2D eigenvalue weighted by atomic mass is 10.1. The number of para-hydroxylation sites is 2. The molecule has 31 heavy (non-hydrogen) atoms. The van der Waals surface area contributed by atoms with E-state index < -0.39 is 6.04 Å². The van der Waals surface area contributed by atoms with Crippen molar-refractivity contribution < 1.29 is 23.8 Å². The highest BCUT2D eigenvalue weighted by Gasteiger charge is 2.44. The van der Waals surface area contributed by atoms with Gasteiger partial charge in [-0.15, -0.1) is 0 Å². The van der Waals surface area contributed by atoms with E-state index in [0.717, 1.165) is 44.2 Å². The SMILES string of the molecule is COc1ccccc1N1C(=O)CC(N2CCN(Cc3ccc4c(c3)OCO4)CC2)C1=O. The lowest BCUT2D eigenvalue weighted by molar-refractivity contribution is -0.123. The van der Waals surface area contributed by atoms with Gasteiger partial charge in [0, 0.05) is 32.7 Å². The summed E-state index contributed by atoms with van der Waals surface area (Å²) in [5.41, 5.74) is 1.69. The third kappa shape index (κ3) is 3.73. The van der Waals surface area contributed by atoms with Gasteiger partial charge >= 0.3 is 0 Å². The molecule has 0 N–H and O–H groups in total. The van der Waals surface area contributed by atoms with Gasteiger partial charge < -0.3 is 14.2 Å². The van der Waals surface area contributed by atoms with Gasteiger partial charge in [0.25, 0.3) is 5.91 Å². The second-order valence-electron chi connectivity index (χ2n) is 7.96. The summed E-state index contributed by atoms with van der Waals surface area (Å²) in [6, 6.07) is 12.8. The molecular weight excluding hydrogens is 398 g/mol. The number of hydrogen-bond donors (Lipinski definition) is 0. The van der Waals surface area contributed by atoms with E-state index in [2.05, 4.69) is 15.9 Å². The molecule has 2 aromatic rings. The number of fused-ring (bicyclic) bond motifs is 1. The Hall–Kier alpha value is -3.10. The summed E-state index contributed by atoms with van der Waals surface area (Å²) < 4.78 is 16.2. The molecular formula is C23H25N3O5. The minimum atomic E-state index is -0.412. The van der Waals surface area contributed by atoms with E-state index in [4.69, 9.17) is 14.2 Å². The van der Waals surface area contributed by atoms with Crippen molar-refractivity contribution in [1.82, 2.24) is 9.80 Å². The number of carbonyl (C=O) groups is 2. The van der Waals surface area contributed by atoms with Crippen LogP contribution in [0.5, 0.6) is 17.2 Å². The van der Waals surface area contributed by atoms with E-state index in [1.807, 2.05) is 18.2 Å². The number of amides is 2. The standard InChI is InChI=1S/C23H25N3O5/c1-29-19-5-3-2-4-17(19)26-22(27)13-18(23(26)28)25-10-8-24(9-11-25)14-16-6-7-20-21(12-16)31-15-30-20/h2-7,12,18H,8-11,13-15H2,1H3. The maximum absolute atomic E-state index is 13.1. The third-order valence-corrected chi connectivity index (χ3v) is 6.14. The second-order valence-corrected chi connectivity index (χ2v) is 7.96. The number of benzene rings is 2. The molecule has 0 bridgehead atoms. The van der Waals surface area contributed by atoms with Gasteiger partial charge in [0.1, 0.15) is 5.75 Å². The van der Waals surface area contributed by atoms with Crippen molar-refractivity contribution in [3.8, 4) is 17.2 Å². The van der Waals surface area contributed by atoms with Crippen LogP contribution >= 0.6 is 0 Å². The molecule has 0 saturated carbocycles. The van der Waals surface area contributed by atoms with Crippen molar-refractivity contribution in [3.63, 3.8) is 0 Å². The fraction of sp³-hybridized carbons (Fsp3) is 0.391. The highest BCUT2D eigenvalue weighted by Crippen LogP contribution is 2.34. The van der Waals surface area contributed by atoms with Crippen molar-refractivity contribution in [2.24, 2.45) is 0 Å². The topological polar surface area (TPSA) is 71.6 Å². The molecule has 1 unspecified atom stereocenters. The Morgan fingerprint density at radius 2 is 1.77 bits per heavy atom. The summed E-state index contributed by atoms with van der Waals surface area (Å²) in [5, 5.41) is 0. The van der Waals surface area contributed by atoms with Crippen molar-refractivity contribution in [1.29, 1.82) is 0 Å². The maximum atomic E-state index is 13.1. The van der Waals surface area contributed by atoms with E-state index >= 15 is 0 Å². The van der Waals surface area contributed by atoms with Crippen LogP contribution in [0.15, 0.2) is 42.5 Å². The summed E-state index contributed by atoms with van der Waals surface area (Å²) in [6.45, 7) is 4.25. The molecule has 162 valence electrons. The van der Waals surface area contributed by atoms with Crippen LogP contribution in [0, 0.1) is 0 Å². The van der Waals surface area contributed by atoms with Crippen LogP contribution in [0.25, 0.3) is 0 Å². The molecule has 2 aromatic carbocycles. The molecule has 0 aromatic heterocycles. The Morgan fingerprint density at radius 3 is 2.58 bits per heavy atom. The third-order valence-electron chi connectivity index (χ3n) is 6.14. The zero-order chi connectivity index (χ0) is 21.4. The first kappa shape index (κ1) is 19.8. The number of piperazine rings is 1. The van der Waals surface area contributed by atoms with Crippen molar-refractivity contribution >= 4 is 17.5 Å². The molecule has 2 amide bonds. The molecule has 8 heteroatoms. The molecule has 2 saturated heterocycles. The smallest absolute Gasteiger partial charge is 0.251 e. The molecule has 0 spiro atoms. The van der Waals surface area contributed by atoms with E-state index in [1.54, 1.807) is 25.3 Å². The molecule has 3 aliphatic heterocycles. The predicted molar refractivity (Wildman–Crippen MR) is 113 cm³/mol. The van der Waals surface area contributed by atoms with Crippen molar-refractivity contribution in [3.05, 3.63) is 48.0 Å². The van der Waals surface area contributed by atoms with Crippen LogP contribution in [-0.4, -0.2) is 67.7 Å². The summed E-state index contributed by atoms with van der Waals surface area (Å²) in [7, 11) is 1.54. The van der Waals surface area contributed by atoms with Gasteiger partial charge in [-0.1, -0.05) is 18.2 Å². The van der Waals surface area contributed by atoms with Gasteiger partial charge in [-0.3, -0.25) is 19.4 Å². The number of anilines is 1. The van der Waals surface area contributed by atoms with Crippen LogP contribution in [0.3, 0.4) is 0 Å². The number of imide groups is 1. The molecule has 1 atom stereocenters. The number of ether oxygens (including phenoxy) is 3. The van der Waals surface area contributed by atoms with Crippen LogP contribution < -0.4 is 19.1 Å². The summed E-state index contributed by atoms with van der Waals surface area (Å²) in [5.74, 6) is 1.76. The van der Waals surface area contributed by atoms with Crippen LogP contribution in [-0.2, 0) is 16.1 Å². The lowest BCUT2D eigenvalue weighted by Crippen LogP contribution is -2.52. The first-order chi connectivity index (χ1) is 15.1. The molecule has 3 aliphatic rings. The van der Waals surface area contributed by atoms with E-state index in [1.165, 1.54) is 10.5 Å². The Morgan fingerprint density at radius 1 is 1.00 bits per heavy atom. The van der Waals surface area contributed by atoms with Crippen molar-refractivity contribution in [2.45, 2.75) is 19.0 Å². The second kappa shape index (κ2) is 8.20. The molecule has 0 aliphatic carbocycles. The minimum Gasteiger partial charge on any atom is -0.495 e. The molecule has 5 rings (SSSR count). The average molecular weight is 423 g/mol. The first-order valence-electron chi connectivity index (χ1n) is 10.5. The fourth-order valence-electron chi connectivity index (χ4n) is 4.50. The monoisotopic (exact) mass is 423 g/mol. The first-order valence-corrected chi connectivity index (χ1v) is 10.5. The van der Waals surface area contributed by atoms with Gasteiger partial charge in [0.15, 0.2) is 11.5 Å². The zero-order valence-electron chi connectivity index (χ0n) is 17.5. The Kier molecular flexibility index (Phi) is 5.25. The number of rotatable bonds is 5. The Balaban J connectivity index is 1.22. The average Bonchev–Trinajstić information content (AvgIpc) is 3.37. The molecule has 3 heterocycles. The van der Waals surface area contributed by atoms with Crippen LogP contribution in [0.4, 0.5) is 5.69 Å². The highest BCUT2D eigenvalue weighted by molar-refractivity contribution is 6.23. The highest BCUT2D eigenvalue weighted by atomic mass is 16.7. The fourth-order valence-corrected chi connectivity index (χ4v) is 4.50. The van der Waals surface area contributed by atoms with Crippen LogP contribution in [0.2, 0.25) is 0 Å². The van der Waals surface area contributed by atoms with Gasteiger partial charge in [-0.05, 0) is 29.8 Å². The van der Waals surface area contributed by atoms with Gasteiger partial charge in [-0.2, -0.15) is 0 Å². The number of carbonyl (C=O) groups excluding carboxylic acids is 2. The van der Waals surface area contributed by atoms with Gasteiger partial charge in [0.05, 0.1) is 25.3 Å². The predicted octanol–water partition coefficient (Wildman–Crippen LogP) is 1.87. The minimum absolute atomic E-state index is 0.168. The molecule has 0 radical (unpaired) electrons. The normalized spacial score (nSPS) is 21.7. The zero-order valence-corrected chi connectivity index (χ0v) is 17.5. The van der Waals surface area contributed by atoms with Crippen LogP contribution in [0.1, 0.15) is 12.0 Å². The number of nitrogens with zero attached hydrogens (tertiary/aromatic N) is 3. The summed E-state index contributed by atoms with van der Waals surface area (Å²) in [6.07, 6.45) is 0.207. The summed E-state index contributed by atoms with van der Waals surface area (Å²) >= 11 is 0. The van der Waals surface area contributed by atoms with Gasteiger partial charge in [-0.25, -0.2) is 4.90 Å². The molecule has 2 fully saturated rings. The van der Waals surface area contributed by atoms with E-state index in [0.29, 0.717) is 11.4 Å².